The summed E-state index contributed by atoms with van der Waals surface area (Å²) in [5, 5.41) is 12.1. The van der Waals surface area contributed by atoms with Gasteiger partial charge in [-0.25, -0.2) is 4.79 Å². The van der Waals surface area contributed by atoms with Crippen molar-refractivity contribution in [2.45, 2.75) is 31.4 Å². The van der Waals surface area contributed by atoms with Gasteiger partial charge in [0.15, 0.2) is 0 Å². The second-order valence-electron chi connectivity index (χ2n) is 9.65. The second kappa shape index (κ2) is 11.5. The van der Waals surface area contributed by atoms with Gasteiger partial charge in [-0.15, -0.1) is 0 Å². The molecule has 0 bridgehead atoms. The Morgan fingerprint density at radius 1 is 1.05 bits per heavy atom. The fourth-order valence-electron chi connectivity index (χ4n) is 5.36. The number of carbonyl (C=O) groups excluding carboxylic acids is 2. The molecule has 1 unspecified atom stereocenters. The minimum absolute atomic E-state index is 0.121. The lowest BCUT2D eigenvalue weighted by Gasteiger charge is -2.40. The summed E-state index contributed by atoms with van der Waals surface area (Å²) in [6.45, 7) is 2.06. The lowest BCUT2D eigenvalue weighted by Crippen LogP contribution is -2.46. The molecular weight excluding hydrogens is 564 g/mol. The van der Waals surface area contributed by atoms with E-state index >= 15 is 0 Å². The maximum atomic E-state index is 13.9. The second-order valence-corrected chi connectivity index (χ2v) is 10.6. The van der Waals surface area contributed by atoms with Gasteiger partial charge in [-0.05, 0) is 72.9 Å². The van der Waals surface area contributed by atoms with Crippen molar-refractivity contribution < 1.29 is 24.2 Å². The average molecular weight is 593 g/mol. The van der Waals surface area contributed by atoms with Crippen LogP contribution >= 0.6 is 15.9 Å². The Hall–Kier alpha value is -3.76. The number of halogens is 1. The number of nitrogens with zero attached hydrogens (tertiary/aromatic N) is 3. The van der Waals surface area contributed by atoms with Gasteiger partial charge in [0.1, 0.15) is 11.7 Å². The molecule has 2 amide bonds. The highest BCUT2D eigenvalue weighted by Gasteiger charge is 2.38. The molecule has 0 saturated carbocycles. The lowest BCUT2D eigenvalue weighted by molar-refractivity contribution is -0.121. The highest BCUT2D eigenvalue weighted by molar-refractivity contribution is 9.10. The number of carboxylic acid groups (broad SMARTS) is 1. The zero-order chi connectivity index (χ0) is 27.5. The molecule has 202 valence electrons. The summed E-state index contributed by atoms with van der Waals surface area (Å²) in [5.41, 5.74) is 3.72. The maximum absolute atomic E-state index is 13.9. The number of benzene rings is 2. The number of hydrogen-bond donors (Lipinski definition) is 2. The summed E-state index contributed by atoms with van der Waals surface area (Å²) in [5.74, 6) is -1.76. The number of piperidine rings is 1. The normalized spacial score (nSPS) is 17.4. The van der Waals surface area contributed by atoms with E-state index in [2.05, 4.69) is 37.2 Å². The fraction of sp³-hybridized carbons (Fsp3) is 0.310. The number of ether oxygens (including phenoxy) is 1. The van der Waals surface area contributed by atoms with Crippen LogP contribution in [0.2, 0.25) is 0 Å². The Balaban J connectivity index is 1.50. The molecule has 1 aromatic heterocycles. The van der Waals surface area contributed by atoms with Crippen LogP contribution in [0.25, 0.3) is 0 Å². The summed E-state index contributed by atoms with van der Waals surface area (Å²) in [6.07, 6.45) is 4.26. The Morgan fingerprint density at radius 3 is 2.46 bits per heavy atom. The van der Waals surface area contributed by atoms with Crippen molar-refractivity contribution in [2.24, 2.45) is 0 Å². The summed E-state index contributed by atoms with van der Waals surface area (Å²) in [6, 6.07) is 14.4. The number of aromatic carboxylic acids is 1. The zero-order valence-electron chi connectivity index (χ0n) is 21.5. The van der Waals surface area contributed by atoms with Crippen LogP contribution in [-0.2, 0) is 16.0 Å². The van der Waals surface area contributed by atoms with Gasteiger partial charge in [0.2, 0.25) is 0 Å². The lowest BCUT2D eigenvalue weighted by atomic mass is 9.89. The Kier molecular flexibility index (Phi) is 7.94. The molecule has 1 atom stereocenters. The first kappa shape index (κ1) is 26.8. The molecule has 0 spiro atoms. The van der Waals surface area contributed by atoms with E-state index in [9.17, 15) is 19.5 Å². The zero-order valence-corrected chi connectivity index (χ0v) is 23.1. The van der Waals surface area contributed by atoms with E-state index in [-0.39, 0.29) is 29.2 Å². The van der Waals surface area contributed by atoms with Crippen molar-refractivity contribution in [3.8, 4) is 0 Å². The molecule has 3 heterocycles. The number of nitrogens with one attached hydrogen (secondary N) is 1. The summed E-state index contributed by atoms with van der Waals surface area (Å²) >= 11 is 3.40. The van der Waals surface area contributed by atoms with E-state index in [1.807, 2.05) is 12.1 Å². The van der Waals surface area contributed by atoms with Crippen LogP contribution < -0.4 is 10.2 Å². The molecule has 9 nitrogen and oxygen atoms in total. The van der Waals surface area contributed by atoms with Crippen molar-refractivity contribution in [1.29, 1.82) is 0 Å². The van der Waals surface area contributed by atoms with Gasteiger partial charge >= 0.3 is 5.97 Å². The number of carbonyl (C=O) groups is 3. The molecule has 1 fully saturated rings. The number of carboxylic acids is 1. The highest BCUT2D eigenvalue weighted by atomic mass is 79.9. The Bertz CT molecular complexity index is 1390. The van der Waals surface area contributed by atoms with Crippen LogP contribution in [-0.4, -0.2) is 65.6 Å². The van der Waals surface area contributed by atoms with Crippen molar-refractivity contribution in [3.63, 3.8) is 0 Å². The first-order valence-electron chi connectivity index (χ1n) is 12.8. The highest BCUT2D eigenvalue weighted by Crippen LogP contribution is 2.38. The number of hydrogen-bond acceptors (Lipinski definition) is 6. The standard InChI is InChI=1S/C29H29BrN4O5/c1-39-21-10-14-33(15-11-21)25-4-2-3-23-22(25)12-16-34(28(36)24-17-19(30)9-13-31-24)26(23)27(35)32-20-7-5-18(6-8-20)29(37)38/h2-9,13,17,21,26H,10-12,14-16H2,1H3,(H,32,35)(H,37,38). The number of anilines is 2. The number of pyridine rings is 1. The SMILES string of the molecule is COC1CCN(c2cccc3c2CCN(C(=O)c2cc(Br)ccn2)C3C(=O)Nc2ccc(C(=O)O)cc2)CC1. The largest absolute Gasteiger partial charge is 0.478 e. The van der Waals surface area contributed by atoms with Crippen molar-refractivity contribution in [1.82, 2.24) is 9.88 Å². The van der Waals surface area contributed by atoms with E-state index in [0.29, 0.717) is 18.7 Å². The van der Waals surface area contributed by atoms with Crippen LogP contribution in [0, 0.1) is 0 Å². The predicted octanol–water partition coefficient (Wildman–Crippen LogP) is 4.54. The molecule has 2 aromatic carbocycles. The molecule has 3 aromatic rings. The number of amides is 2. The smallest absolute Gasteiger partial charge is 0.335 e. The van der Waals surface area contributed by atoms with Crippen molar-refractivity contribution in [2.75, 3.05) is 37.0 Å². The number of aromatic nitrogens is 1. The minimum atomic E-state index is -1.05. The fourth-order valence-corrected chi connectivity index (χ4v) is 5.69. The summed E-state index contributed by atoms with van der Waals surface area (Å²) in [4.78, 5) is 46.9. The summed E-state index contributed by atoms with van der Waals surface area (Å²) in [7, 11) is 1.74. The van der Waals surface area contributed by atoms with Gasteiger partial charge < -0.3 is 25.0 Å². The number of rotatable bonds is 6. The monoisotopic (exact) mass is 592 g/mol. The Labute approximate surface area is 234 Å². The average Bonchev–Trinajstić information content (AvgIpc) is 2.96. The van der Waals surface area contributed by atoms with E-state index in [1.54, 1.807) is 42.5 Å². The molecule has 2 aliphatic rings. The predicted molar refractivity (Wildman–Crippen MR) is 150 cm³/mol. The first-order chi connectivity index (χ1) is 18.9. The topological polar surface area (TPSA) is 112 Å². The Morgan fingerprint density at radius 2 is 1.79 bits per heavy atom. The van der Waals surface area contributed by atoms with Crippen LogP contribution in [0.15, 0.2) is 65.3 Å². The molecule has 10 heteroatoms. The van der Waals surface area contributed by atoms with Gasteiger partial charge in [-0.2, -0.15) is 0 Å². The quantitative estimate of drug-likeness (QED) is 0.432. The maximum Gasteiger partial charge on any atom is 0.335 e. The van der Waals surface area contributed by atoms with E-state index in [0.717, 1.165) is 47.2 Å². The molecule has 0 aliphatic carbocycles. The van der Waals surface area contributed by atoms with Crippen LogP contribution in [0.1, 0.15) is 50.9 Å². The van der Waals surface area contributed by atoms with Gasteiger partial charge in [-0.1, -0.05) is 28.1 Å². The van der Waals surface area contributed by atoms with Crippen LogP contribution in [0.5, 0.6) is 0 Å². The molecular formula is C29H29BrN4O5. The minimum Gasteiger partial charge on any atom is -0.478 e. The van der Waals surface area contributed by atoms with E-state index in [4.69, 9.17) is 4.74 Å². The van der Waals surface area contributed by atoms with Gasteiger partial charge in [0, 0.05) is 48.8 Å². The van der Waals surface area contributed by atoms with Crippen LogP contribution in [0.4, 0.5) is 11.4 Å². The first-order valence-corrected chi connectivity index (χ1v) is 13.6. The third-order valence-electron chi connectivity index (χ3n) is 7.36. The van der Waals surface area contributed by atoms with Crippen LogP contribution in [0.3, 0.4) is 0 Å². The molecule has 5 rings (SSSR count). The molecule has 1 saturated heterocycles. The van der Waals surface area contributed by atoms with Crippen molar-refractivity contribution in [3.05, 3.63) is 87.7 Å². The van der Waals surface area contributed by atoms with Gasteiger partial charge in [0.25, 0.3) is 11.8 Å². The van der Waals surface area contributed by atoms with Gasteiger partial charge in [-0.3, -0.25) is 14.6 Å². The third kappa shape index (κ3) is 5.67. The molecule has 0 radical (unpaired) electrons. The van der Waals surface area contributed by atoms with Gasteiger partial charge in [0.05, 0.1) is 11.7 Å². The molecule has 2 aliphatic heterocycles. The molecule has 2 N–H and O–H groups in total. The van der Waals surface area contributed by atoms with E-state index in [1.165, 1.54) is 12.1 Å². The number of methoxy groups -OCH3 is 1. The van der Waals surface area contributed by atoms with Crippen molar-refractivity contribution >= 4 is 45.1 Å². The molecule has 39 heavy (non-hydrogen) atoms. The summed E-state index contributed by atoms with van der Waals surface area (Å²) < 4.78 is 6.26. The number of fused-ring (bicyclic) bond motifs is 1. The van der Waals surface area contributed by atoms with E-state index < -0.39 is 12.0 Å². The third-order valence-corrected chi connectivity index (χ3v) is 7.86.